The predicted octanol–water partition coefficient (Wildman–Crippen LogP) is 2.20. The van der Waals surface area contributed by atoms with Crippen LogP contribution in [0.1, 0.15) is 29.5 Å². The molecule has 0 amide bonds. The number of hydrogen-bond acceptors (Lipinski definition) is 4. The zero-order valence-corrected chi connectivity index (χ0v) is 12.1. The van der Waals surface area contributed by atoms with Gasteiger partial charge in [0.05, 0.1) is 6.61 Å². The molecule has 20 heavy (non-hydrogen) atoms. The fourth-order valence-corrected chi connectivity index (χ4v) is 2.50. The van der Waals surface area contributed by atoms with Crippen molar-refractivity contribution in [2.45, 2.75) is 26.7 Å². The highest BCUT2D eigenvalue weighted by molar-refractivity contribution is 5.97. The second-order valence-electron chi connectivity index (χ2n) is 5.29. The Morgan fingerprint density at radius 3 is 2.50 bits per heavy atom. The van der Waals surface area contributed by atoms with Crippen LogP contribution >= 0.6 is 0 Å². The minimum atomic E-state index is 0.118. The molecular formula is C15H22N2O3. The number of ether oxygens (including phenoxy) is 2. The largest absolute Gasteiger partial charge is 0.493 e. The Bertz CT molecular complexity index is 471. The van der Waals surface area contributed by atoms with Gasteiger partial charge in [-0.25, -0.2) is 0 Å². The lowest BCUT2D eigenvalue weighted by atomic mass is 10.0. The van der Waals surface area contributed by atoms with Crippen LogP contribution in [0.5, 0.6) is 5.75 Å². The van der Waals surface area contributed by atoms with Crippen molar-refractivity contribution in [2.24, 2.45) is 16.8 Å². The van der Waals surface area contributed by atoms with Crippen LogP contribution in [0.4, 0.5) is 0 Å². The van der Waals surface area contributed by atoms with E-state index in [1.807, 2.05) is 26.0 Å². The van der Waals surface area contributed by atoms with Crippen LogP contribution in [0, 0.1) is 19.8 Å². The lowest BCUT2D eigenvalue weighted by Gasteiger charge is -2.23. The molecule has 0 spiro atoms. The van der Waals surface area contributed by atoms with Gasteiger partial charge in [-0.3, -0.25) is 0 Å². The van der Waals surface area contributed by atoms with Gasteiger partial charge in [-0.15, -0.1) is 0 Å². The first kappa shape index (κ1) is 14.7. The Balaban J connectivity index is 2.08. The Morgan fingerprint density at radius 2 is 1.95 bits per heavy atom. The van der Waals surface area contributed by atoms with E-state index in [9.17, 15) is 0 Å². The average Bonchev–Trinajstić information content (AvgIpc) is 2.46. The van der Waals surface area contributed by atoms with Gasteiger partial charge in [-0.05, 0) is 55.9 Å². The first-order chi connectivity index (χ1) is 9.61. The Hall–Kier alpha value is -1.75. The molecule has 3 N–H and O–H groups in total. The minimum absolute atomic E-state index is 0.118. The van der Waals surface area contributed by atoms with Gasteiger partial charge in [0.1, 0.15) is 5.75 Å². The van der Waals surface area contributed by atoms with E-state index in [0.29, 0.717) is 18.1 Å². The first-order valence-corrected chi connectivity index (χ1v) is 6.91. The minimum Gasteiger partial charge on any atom is -0.493 e. The molecule has 5 heteroatoms. The molecule has 2 rings (SSSR count). The number of hydrogen-bond donors (Lipinski definition) is 2. The van der Waals surface area contributed by atoms with Crippen molar-refractivity contribution < 1.29 is 14.7 Å². The lowest BCUT2D eigenvalue weighted by Crippen LogP contribution is -2.22. The van der Waals surface area contributed by atoms with E-state index >= 15 is 0 Å². The molecule has 1 fully saturated rings. The molecular weight excluding hydrogens is 256 g/mol. The summed E-state index contributed by atoms with van der Waals surface area (Å²) in [5, 5.41) is 11.8. The molecule has 1 aromatic carbocycles. The summed E-state index contributed by atoms with van der Waals surface area (Å²) in [7, 11) is 0. The van der Waals surface area contributed by atoms with Crippen LogP contribution in [0.15, 0.2) is 17.3 Å². The summed E-state index contributed by atoms with van der Waals surface area (Å²) < 4.78 is 11.3. The summed E-state index contributed by atoms with van der Waals surface area (Å²) in [6.07, 6.45) is 2.11. The highest BCUT2D eigenvalue weighted by Gasteiger charge is 2.16. The summed E-state index contributed by atoms with van der Waals surface area (Å²) in [4.78, 5) is 0. The Kier molecular flexibility index (Phi) is 4.84. The lowest BCUT2D eigenvalue weighted by molar-refractivity contribution is 0.0495. The summed E-state index contributed by atoms with van der Waals surface area (Å²) in [5.41, 5.74) is 8.32. The smallest absolute Gasteiger partial charge is 0.170 e. The van der Waals surface area contributed by atoms with Crippen LogP contribution in [-0.2, 0) is 4.74 Å². The van der Waals surface area contributed by atoms with Gasteiger partial charge in [-0.1, -0.05) is 5.16 Å². The fraction of sp³-hybridized carbons (Fsp3) is 0.533. The molecule has 0 bridgehead atoms. The number of aryl methyl sites for hydroxylation is 2. The van der Waals surface area contributed by atoms with Crippen molar-refractivity contribution in [1.82, 2.24) is 0 Å². The number of oxime groups is 1. The number of nitrogens with zero attached hydrogens (tertiary/aromatic N) is 1. The highest BCUT2D eigenvalue weighted by atomic mass is 16.5. The van der Waals surface area contributed by atoms with Crippen molar-refractivity contribution in [3.8, 4) is 5.75 Å². The normalized spacial score (nSPS) is 17.2. The summed E-state index contributed by atoms with van der Waals surface area (Å²) >= 11 is 0. The van der Waals surface area contributed by atoms with Crippen molar-refractivity contribution in [3.63, 3.8) is 0 Å². The van der Waals surface area contributed by atoms with Gasteiger partial charge in [0.25, 0.3) is 0 Å². The van der Waals surface area contributed by atoms with Crippen molar-refractivity contribution in [1.29, 1.82) is 0 Å². The molecule has 0 radical (unpaired) electrons. The van der Waals surface area contributed by atoms with Gasteiger partial charge >= 0.3 is 0 Å². The van der Waals surface area contributed by atoms with Crippen LogP contribution in [0.3, 0.4) is 0 Å². The molecule has 5 nitrogen and oxygen atoms in total. The fourth-order valence-electron chi connectivity index (χ4n) is 2.50. The first-order valence-electron chi connectivity index (χ1n) is 6.91. The zero-order chi connectivity index (χ0) is 14.5. The van der Waals surface area contributed by atoms with Crippen LogP contribution in [0.2, 0.25) is 0 Å². The van der Waals surface area contributed by atoms with Gasteiger partial charge in [0.15, 0.2) is 5.84 Å². The predicted molar refractivity (Wildman–Crippen MR) is 77.5 cm³/mol. The van der Waals surface area contributed by atoms with E-state index < -0.39 is 0 Å². The maximum atomic E-state index is 8.73. The molecule has 1 aromatic rings. The second-order valence-corrected chi connectivity index (χ2v) is 5.29. The monoisotopic (exact) mass is 278 g/mol. The van der Waals surface area contributed by atoms with Crippen LogP contribution in [-0.4, -0.2) is 30.9 Å². The molecule has 0 saturated carbocycles. The van der Waals surface area contributed by atoms with Crippen molar-refractivity contribution in [2.75, 3.05) is 19.8 Å². The van der Waals surface area contributed by atoms with E-state index in [2.05, 4.69) is 5.16 Å². The van der Waals surface area contributed by atoms with Crippen LogP contribution in [0.25, 0.3) is 0 Å². The third-order valence-electron chi connectivity index (χ3n) is 3.67. The van der Waals surface area contributed by atoms with E-state index in [1.165, 1.54) is 0 Å². The summed E-state index contributed by atoms with van der Waals surface area (Å²) in [6.45, 7) is 6.32. The van der Waals surface area contributed by atoms with E-state index in [0.717, 1.165) is 42.9 Å². The molecule has 1 saturated heterocycles. The number of benzene rings is 1. The molecule has 0 atom stereocenters. The summed E-state index contributed by atoms with van der Waals surface area (Å²) in [6, 6.07) is 3.75. The topological polar surface area (TPSA) is 77.1 Å². The maximum Gasteiger partial charge on any atom is 0.170 e. The maximum absolute atomic E-state index is 8.73. The Labute approximate surface area is 119 Å². The molecule has 110 valence electrons. The number of nitrogens with two attached hydrogens (primary N) is 1. The van der Waals surface area contributed by atoms with Gasteiger partial charge < -0.3 is 20.4 Å². The Morgan fingerprint density at radius 1 is 1.35 bits per heavy atom. The third kappa shape index (κ3) is 3.42. The summed E-state index contributed by atoms with van der Waals surface area (Å²) in [5.74, 6) is 1.57. The van der Waals surface area contributed by atoms with E-state index in [1.54, 1.807) is 0 Å². The quantitative estimate of drug-likeness (QED) is 0.383. The molecule has 0 aliphatic carbocycles. The second kappa shape index (κ2) is 6.61. The number of amidine groups is 1. The molecule has 1 aliphatic heterocycles. The van der Waals surface area contributed by atoms with Crippen molar-refractivity contribution >= 4 is 5.84 Å². The van der Waals surface area contributed by atoms with Gasteiger partial charge in [-0.2, -0.15) is 0 Å². The third-order valence-corrected chi connectivity index (χ3v) is 3.67. The van der Waals surface area contributed by atoms with Crippen molar-refractivity contribution in [3.05, 3.63) is 28.8 Å². The molecule has 0 aromatic heterocycles. The van der Waals surface area contributed by atoms with Gasteiger partial charge in [0.2, 0.25) is 0 Å². The molecule has 1 heterocycles. The SMILES string of the molecule is Cc1cc(C(N)=NO)cc(C)c1OCC1CCOCC1. The number of rotatable bonds is 4. The average molecular weight is 278 g/mol. The standard InChI is InChI=1S/C15H22N2O3/c1-10-7-13(15(16)17-18)8-11(2)14(10)20-9-12-3-5-19-6-4-12/h7-8,12,18H,3-6,9H2,1-2H3,(H2,16,17). The zero-order valence-electron chi connectivity index (χ0n) is 12.1. The highest BCUT2D eigenvalue weighted by Crippen LogP contribution is 2.26. The molecule has 0 unspecified atom stereocenters. The van der Waals surface area contributed by atoms with E-state index in [4.69, 9.17) is 20.4 Å². The van der Waals surface area contributed by atoms with Crippen LogP contribution < -0.4 is 10.5 Å². The van der Waals surface area contributed by atoms with E-state index in [-0.39, 0.29) is 5.84 Å². The van der Waals surface area contributed by atoms with Gasteiger partial charge in [0, 0.05) is 18.8 Å². The molecule has 1 aliphatic rings.